The van der Waals surface area contributed by atoms with E-state index >= 15 is 0 Å². The number of halogens is 3. The van der Waals surface area contributed by atoms with Crippen molar-refractivity contribution < 1.29 is 17.9 Å². The monoisotopic (exact) mass is 269 g/mol. The molecule has 0 aliphatic rings. The predicted molar refractivity (Wildman–Crippen MR) is 63.7 cm³/mol. The zero-order valence-electron chi connectivity index (χ0n) is 9.90. The Hall–Kier alpha value is -2.31. The van der Waals surface area contributed by atoms with E-state index in [9.17, 15) is 13.2 Å². The molecule has 0 saturated carbocycles. The van der Waals surface area contributed by atoms with E-state index in [0.717, 1.165) is 0 Å². The van der Waals surface area contributed by atoms with Crippen LogP contribution in [0, 0.1) is 0 Å². The van der Waals surface area contributed by atoms with Crippen LogP contribution < -0.4 is 10.1 Å². The number of hydrogen-bond donors (Lipinski definition) is 1. The molecule has 0 unspecified atom stereocenters. The number of aromatic nitrogens is 2. The molecule has 7 heteroatoms. The molecule has 0 radical (unpaired) electrons. The van der Waals surface area contributed by atoms with Crippen molar-refractivity contribution in [2.45, 2.75) is 6.36 Å². The first kappa shape index (κ1) is 13.1. The minimum absolute atomic E-state index is 0.277. The van der Waals surface area contributed by atoms with E-state index in [1.807, 2.05) is 0 Å². The fourth-order valence-corrected chi connectivity index (χ4v) is 1.44. The van der Waals surface area contributed by atoms with Gasteiger partial charge in [0.1, 0.15) is 11.6 Å². The van der Waals surface area contributed by atoms with Crippen LogP contribution in [0.2, 0.25) is 0 Å². The highest BCUT2D eigenvalue weighted by atomic mass is 19.4. The van der Waals surface area contributed by atoms with E-state index < -0.39 is 6.36 Å². The average molecular weight is 269 g/mol. The lowest BCUT2D eigenvalue weighted by Crippen LogP contribution is -2.16. The molecule has 0 atom stereocenters. The normalized spacial score (nSPS) is 11.2. The quantitative estimate of drug-likeness (QED) is 0.930. The van der Waals surface area contributed by atoms with Crippen molar-refractivity contribution in [3.63, 3.8) is 0 Å². The number of ether oxygens (including phenoxy) is 1. The third-order valence-corrected chi connectivity index (χ3v) is 2.26. The summed E-state index contributed by atoms with van der Waals surface area (Å²) in [5, 5.41) is 2.85. The Morgan fingerprint density at radius 2 is 1.79 bits per heavy atom. The lowest BCUT2D eigenvalue weighted by atomic mass is 10.2. The van der Waals surface area contributed by atoms with Gasteiger partial charge in [-0.25, -0.2) is 9.97 Å². The highest BCUT2D eigenvalue weighted by Gasteiger charge is 2.30. The van der Waals surface area contributed by atoms with Gasteiger partial charge >= 0.3 is 6.36 Å². The fourth-order valence-electron chi connectivity index (χ4n) is 1.44. The standard InChI is InChI=1S/C12H10F3N3O/c1-16-10-6-7-17-11(18-10)8-2-4-9(5-3-8)19-12(13,14)15/h2-7H,1H3,(H,16,17,18). The summed E-state index contributed by atoms with van der Waals surface area (Å²) >= 11 is 0. The molecule has 0 aliphatic heterocycles. The summed E-state index contributed by atoms with van der Waals surface area (Å²) in [6.07, 6.45) is -3.13. The first-order valence-corrected chi connectivity index (χ1v) is 5.35. The molecule has 0 spiro atoms. The van der Waals surface area contributed by atoms with Crippen LogP contribution in [-0.4, -0.2) is 23.4 Å². The largest absolute Gasteiger partial charge is 0.573 e. The minimum atomic E-state index is -4.69. The Morgan fingerprint density at radius 3 is 2.37 bits per heavy atom. The number of hydrogen-bond acceptors (Lipinski definition) is 4. The summed E-state index contributed by atoms with van der Waals surface area (Å²) in [7, 11) is 1.71. The summed E-state index contributed by atoms with van der Waals surface area (Å²) in [6, 6.07) is 7.06. The molecule has 0 aliphatic carbocycles. The lowest BCUT2D eigenvalue weighted by Gasteiger charge is -2.09. The second-order valence-electron chi connectivity index (χ2n) is 3.59. The van der Waals surface area contributed by atoms with E-state index in [2.05, 4.69) is 20.0 Å². The fraction of sp³-hybridized carbons (Fsp3) is 0.167. The van der Waals surface area contributed by atoms with Gasteiger partial charge in [-0.15, -0.1) is 13.2 Å². The third-order valence-electron chi connectivity index (χ3n) is 2.26. The van der Waals surface area contributed by atoms with Crippen molar-refractivity contribution in [1.29, 1.82) is 0 Å². The average Bonchev–Trinajstić information content (AvgIpc) is 2.38. The number of nitrogens with one attached hydrogen (secondary N) is 1. The number of benzene rings is 1. The van der Waals surface area contributed by atoms with Gasteiger partial charge in [0.15, 0.2) is 5.82 Å². The van der Waals surface area contributed by atoms with Crippen LogP contribution in [0.5, 0.6) is 5.75 Å². The van der Waals surface area contributed by atoms with E-state index in [1.165, 1.54) is 24.3 Å². The first-order valence-electron chi connectivity index (χ1n) is 5.35. The van der Waals surface area contributed by atoms with Gasteiger partial charge < -0.3 is 10.1 Å². The van der Waals surface area contributed by atoms with Gasteiger partial charge in [0.25, 0.3) is 0 Å². The zero-order valence-corrected chi connectivity index (χ0v) is 9.90. The second kappa shape index (κ2) is 5.13. The molecule has 19 heavy (non-hydrogen) atoms. The number of anilines is 1. The van der Waals surface area contributed by atoms with Crippen LogP contribution in [0.25, 0.3) is 11.4 Å². The lowest BCUT2D eigenvalue weighted by molar-refractivity contribution is -0.274. The molecular formula is C12H10F3N3O. The smallest absolute Gasteiger partial charge is 0.406 e. The summed E-state index contributed by atoms with van der Waals surface area (Å²) in [5.74, 6) is 0.770. The Labute approximate surface area is 107 Å². The van der Waals surface area contributed by atoms with Crippen LogP contribution >= 0.6 is 0 Å². The van der Waals surface area contributed by atoms with Gasteiger partial charge in [0, 0.05) is 18.8 Å². The highest BCUT2D eigenvalue weighted by Crippen LogP contribution is 2.25. The summed E-state index contributed by atoms with van der Waals surface area (Å²) < 4.78 is 39.8. The number of rotatable bonds is 3. The molecule has 4 nitrogen and oxygen atoms in total. The predicted octanol–water partition coefficient (Wildman–Crippen LogP) is 3.08. The maximum absolute atomic E-state index is 12.0. The van der Waals surface area contributed by atoms with Crippen molar-refractivity contribution in [3.8, 4) is 17.1 Å². The molecule has 0 fully saturated rings. The van der Waals surface area contributed by atoms with Crippen molar-refractivity contribution in [2.75, 3.05) is 12.4 Å². The van der Waals surface area contributed by atoms with Gasteiger partial charge in [-0.2, -0.15) is 0 Å². The molecule has 2 aromatic rings. The van der Waals surface area contributed by atoms with E-state index in [0.29, 0.717) is 17.2 Å². The van der Waals surface area contributed by atoms with Crippen molar-refractivity contribution in [3.05, 3.63) is 36.5 Å². The summed E-state index contributed by atoms with van der Waals surface area (Å²) in [4.78, 5) is 8.23. The maximum atomic E-state index is 12.0. The zero-order chi connectivity index (χ0) is 13.9. The van der Waals surface area contributed by atoms with Crippen LogP contribution in [-0.2, 0) is 0 Å². The molecule has 0 bridgehead atoms. The summed E-state index contributed by atoms with van der Waals surface area (Å²) in [6.45, 7) is 0. The molecule has 0 amide bonds. The first-order chi connectivity index (χ1) is 8.98. The van der Waals surface area contributed by atoms with Crippen LogP contribution in [0.4, 0.5) is 19.0 Å². The number of alkyl halides is 3. The van der Waals surface area contributed by atoms with Gasteiger partial charge in [-0.3, -0.25) is 0 Å². The highest BCUT2D eigenvalue weighted by molar-refractivity contribution is 5.57. The molecular weight excluding hydrogens is 259 g/mol. The Bertz CT molecular complexity index is 555. The second-order valence-corrected chi connectivity index (χ2v) is 3.59. The van der Waals surface area contributed by atoms with Gasteiger partial charge in [-0.1, -0.05) is 0 Å². The van der Waals surface area contributed by atoms with E-state index in [1.54, 1.807) is 19.3 Å². The Morgan fingerprint density at radius 1 is 1.11 bits per heavy atom. The maximum Gasteiger partial charge on any atom is 0.573 e. The van der Waals surface area contributed by atoms with Crippen molar-refractivity contribution in [2.24, 2.45) is 0 Å². The Kier molecular flexibility index (Phi) is 3.55. The summed E-state index contributed by atoms with van der Waals surface area (Å²) in [5.41, 5.74) is 0.603. The van der Waals surface area contributed by atoms with Gasteiger partial charge in [0.05, 0.1) is 0 Å². The SMILES string of the molecule is CNc1ccnc(-c2ccc(OC(F)(F)F)cc2)n1. The molecule has 1 aromatic heterocycles. The van der Waals surface area contributed by atoms with Crippen LogP contribution in [0.3, 0.4) is 0 Å². The molecule has 100 valence electrons. The molecule has 2 rings (SSSR count). The number of nitrogens with zero attached hydrogens (tertiary/aromatic N) is 2. The topological polar surface area (TPSA) is 47.0 Å². The van der Waals surface area contributed by atoms with E-state index in [-0.39, 0.29) is 5.75 Å². The molecule has 1 aromatic carbocycles. The van der Waals surface area contributed by atoms with Crippen molar-refractivity contribution in [1.82, 2.24) is 9.97 Å². The third kappa shape index (κ3) is 3.57. The van der Waals surface area contributed by atoms with Gasteiger partial charge in [-0.05, 0) is 30.3 Å². The minimum Gasteiger partial charge on any atom is -0.406 e. The van der Waals surface area contributed by atoms with Crippen LogP contribution in [0.15, 0.2) is 36.5 Å². The van der Waals surface area contributed by atoms with Gasteiger partial charge in [0.2, 0.25) is 0 Å². The Balaban J connectivity index is 2.22. The molecule has 0 saturated heterocycles. The van der Waals surface area contributed by atoms with E-state index in [4.69, 9.17) is 0 Å². The molecule has 1 heterocycles. The van der Waals surface area contributed by atoms with Crippen LogP contribution in [0.1, 0.15) is 0 Å². The molecule has 1 N–H and O–H groups in total. The van der Waals surface area contributed by atoms with Crippen molar-refractivity contribution >= 4 is 5.82 Å².